The molecule has 1 amide bonds. The van der Waals surface area contributed by atoms with E-state index in [0.717, 1.165) is 22.6 Å². The summed E-state index contributed by atoms with van der Waals surface area (Å²) in [4.78, 5) is 17.6. The third kappa shape index (κ3) is 3.43. The third-order valence-electron chi connectivity index (χ3n) is 5.11. The second-order valence-electron chi connectivity index (χ2n) is 7.07. The van der Waals surface area contributed by atoms with Gasteiger partial charge in [0.05, 0.1) is 18.3 Å². The summed E-state index contributed by atoms with van der Waals surface area (Å²) in [5.41, 5.74) is 2.71. The van der Waals surface area contributed by atoms with Gasteiger partial charge in [-0.15, -0.1) is 5.10 Å². The van der Waals surface area contributed by atoms with Crippen LogP contribution in [-0.4, -0.2) is 27.3 Å². The molecule has 0 radical (unpaired) electrons. The highest BCUT2D eigenvalue weighted by atomic mass is 16.5. The molecule has 3 aromatic carbocycles. The van der Waals surface area contributed by atoms with Gasteiger partial charge in [-0.3, -0.25) is 4.79 Å². The second kappa shape index (κ2) is 7.83. The Labute approximate surface area is 174 Å². The van der Waals surface area contributed by atoms with Gasteiger partial charge in [-0.05, 0) is 18.2 Å². The Morgan fingerprint density at radius 3 is 2.43 bits per heavy atom. The number of rotatable bonds is 4. The van der Waals surface area contributed by atoms with Crippen LogP contribution in [0.3, 0.4) is 0 Å². The van der Waals surface area contributed by atoms with Crippen LogP contribution in [0, 0.1) is 0 Å². The van der Waals surface area contributed by atoms with E-state index in [1.807, 2.05) is 84.9 Å². The molecule has 0 fully saturated rings. The predicted octanol–water partition coefficient (Wildman–Crippen LogP) is 4.19. The van der Waals surface area contributed by atoms with Crippen LogP contribution < -0.4 is 10.1 Å². The minimum Gasteiger partial charge on any atom is -0.493 e. The van der Waals surface area contributed by atoms with Gasteiger partial charge in [-0.25, -0.2) is 9.67 Å². The Morgan fingerprint density at radius 1 is 0.933 bits per heavy atom. The maximum absolute atomic E-state index is 13.1. The van der Waals surface area contributed by atoms with Crippen molar-refractivity contribution >= 4 is 5.91 Å². The predicted molar refractivity (Wildman–Crippen MR) is 114 cm³/mol. The molecule has 6 heteroatoms. The first-order valence-electron chi connectivity index (χ1n) is 9.90. The molecule has 0 aliphatic carbocycles. The number of fused-ring (bicyclic) bond motifs is 1. The van der Waals surface area contributed by atoms with E-state index in [1.165, 1.54) is 0 Å². The van der Waals surface area contributed by atoms with E-state index < -0.39 is 0 Å². The number of carbonyl (C=O) groups excluding carboxylic acids is 1. The first-order chi connectivity index (χ1) is 14.8. The molecule has 1 aliphatic rings. The van der Waals surface area contributed by atoms with Crippen LogP contribution in [0.2, 0.25) is 0 Å². The lowest BCUT2D eigenvalue weighted by Gasteiger charge is -2.26. The summed E-state index contributed by atoms with van der Waals surface area (Å²) >= 11 is 0. The molecule has 0 saturated heterocycles. The molecule has 1 N–H and O–H groups in total. The molecule has 148 valence electrons. The molecule has 0 bridgehead atoms. The number of nitrogens with zero attached hydrogens (tertiary/aromatic N) is 3. The van der Waals surface area contributed by atoms with E-state index in [4.69, 9.17) is 4.74 Å². The van der Waals surface area contributed by atoms with Crippen molar-refractivity contribution < 1.29 is 9.53 Å². The van der Waals surface area contributed by atoms with Gasteiger partial charge in [0.15, 0.2) is 5.82 Å². The van der Waals surface area contributed by atoms with Gasteiger partial charge in [0.2, 0.25) is 5.82 Å². The molecule has 1 atom stereocenters. The minimum absolute atomic E-state index is 0.133. The smallest absolute Gasteiger partial charge is 0.291 e. The normalized spacial score (nSPS) is 15.1. The first-order valence-corrected chi connectivity index (χ1v) is 9.90. The van der Waals surface area contributed by atoms with Crippen LogP contribution in [0.4, 0.5) is 0 Å². The molecule has 30 heavy (non-hydrogen) atoms. The zero-order valence-corrected chi connectivity index (χ0v) is 16.2. The number of aromatic nitrogens is 3. The third-order valence-corrected chi connectivity index (χ3v) is 5.11. The number of hydrogen-bond donors (Lipinski definition) is 1. The van der Waals surface area contributed by atoms with Crippen LogP contribution in [0.25, 0.3) is 17.1 Å². The highest BCUT2D eigenvalue weighted by Gasteiger charge is 2.26. The van der Waals surface area contributed by atoms with E-state index in [2.05, 4.69) is 15.4 Å². The van der Waals surface area contributed by atoms with Gasteiger partial charge in [-0.2, -0.15) is 0 Å². The van der Waals surface area contributed by atoms with E-state index in [1.54, 1.807) is 4.68 Å². The largest absolute Gasteiger partial charge is 0.493 e. The fourth-order valence-corrected chi connectivity index (χ4v) is 3.65. The van der Waals surface area contributed by atoms with Crippen LogP contribution in [0.15, 0.2) is 84.9 Å². The van der Waals surface area contributed by atoms with Gasteiger partial charge in [0.25, 0.3) is 5.91 Å². The Hall–Kier alpha value is -3.93. The second-order valence-corrected chi connectivity index (χ2v) is 7.07. The van der Waals surface area contributed by atoms with Crippen molar-refractivity contribution in [2.75, 3.05) is 6.61 Å². The van der Waals surface area contributed by atoms with Crippen molar-refractivity contribution in [3.63, 3.8) is 0 Å². The van der Waals surface area contributed by atoms with Gasteiger partial charge < -0.3 is 10.1 Å². The van der Waals surface area contributed by atoms with Crippen molar-refractivity contribution in [3.05, 3.63) is 96.3 Å². The molecule has 1 aliphatic heterocycles. The summed E-state index contributed by atoms with van der Waals surface area (Å²) in [6.07, 6.45) is 0.702. The first kappa shape index (κ1) is 18.1. The summed E-state index contributed by atoms with van der Waals surface area (Å²) in [5.74, 6) is 1.27. The molecule has 6 nitrogen and oxygen atoms in total. The van der Waals surface area contributed by atoms with Crippen molar-refractivity contribution in [2.24, 2.45) is 0 Å². The van der Waals surface area contributed by atoms with E-state index in [9.17, 15) is 4.79 Å². The number of para-hydroxylation sites is 2. The Kier molecular flexibility index (Phi) is 4.73. The lowest BCUT2D eigenvalue weighted by Crippen LogP contribution is -2.32. The molecule has 2 heterocycles. The molecule has 0 spiro atoms. The molecular weight excluding hydrogens is 376 g/mol. The number of carbonyl (C=O) groups is 1. The van der Waals surface area contributed by atoms with Crippen molar-refractivity contribution in [1.82, 2.24) is 20.1 Å². The number of ether oxygens (including phenoxy) is 1. The number of hydrogen-bond acceptors (Lipinski definition) is 4. The lowest BCUT2D eigenvalue weighted by molar-refractivity contribution is 0.0914. The zero-order chi connectivity index (χ0) is 20.3. The van der Waals surface area contributed by atoms with Crippen molar-refractivity contribution in [3.8, 4) is 22.8 Å². The lowest BCUT2D eigenvalue weighted by atomic mass is 10.0. The highest BCUT2D eigenvalue weighted by molar-refractivity contribution is 5.91. The Morgan fingerprint density at radius 2 is 1.63 bits per heavy atom. The number of nitrogens with one attached hydrogen (secondary N) is 1. The van der Waals surface area contributed by atoms with E-state index in [0.29, 0.717) is 18.9 Å². The van der Waals surface area contributed by atoms with E-state index >= 15 is 0 Å². The van der Waals surface area contributed by atoms with Crippen LogP contribution in [0.5, 0.6) is 5.75 Å². The summed E-state index contributed by atoms with van der Waals surface area (Å²) < 4.78 is 7.40. The minimum atomic E-state index is -0.302. The highest BCUT2D eigenvalue weighted by Crippen LogP contribution is 2.31. The van der Waals surface area contributed by atoms with Crippen LogP contribution in [-0.2, 0) is 0 Å². The van der Waals surface area contributed by atoms with Gasteiger partial charge in [-0.1, -0.05) is 66.7 Å². The average molecular weight is 396 g/mol. The van der Waals surface area contributed by atoms with Crippen LogP contribution >= 0.6 is 0 Å². The summed E-state index contributed by atoms with van der Waals surface area (Å²) in [6, 6.07) is 27.1. The molecule has 0 saturated carbocycles. The Bertz CT molecular complexity index is 1120. The monoisotopic (exact) mass is 396 g/mol. The number of amides is 1. The van der Waals surface area contributed by atoms with Crippen LogP contribution in [0.1, 0.15) is 28.6 Å². The Balaban J connectivity index is 1.49. The fourth-order valence-electron chi connectivity index (χ4n) is 3.65. The van der Waals surface area contributed by atoms with Crippen molar-refractivity contribution in [2.45, 2.75) is 12.5 Å². The molecule has 1 unspecified atom stereocenters. The topological polar surface area (TPSA) is 69.0 Å². The van der Waals surface area contributed by atoms with E-state index in [-0.39, 0.29) is 17.8 Å². The standard InChI is InChI=1S/C24H20N4O2/c29-24(25-20-15-16-30-21-14-8-7-13-19(20)21)22-26-23(17-9-3-1-4-10-17)28(27-22)18-11-5-2-6-12-18/h1-14,20H,15-16H2,(H,25,29). The quantitative estimate of drug-likeness (QED) is 0.562. The van der Waals surface area contributed by atoms with Gasteiger partial charge in [0, 0.05) is 17.5 Å². The summed E-state index contributed by atoms with van der Waals surface area (Å²) in [7, 11) is 0. The number of benzene rings is 3. The maximum Gasteiger partial charge on any atom is 0.291 e. The van der Waals surface area contributed by atoms with Gasteiger partial charge >= 0.3 is 0 Å². The summed E-state index contributed by atoms with van der Waals surface area (Å²) in [5, 5.41) is 7.62. The molecular formula is C24H20N4O2. The van der Waals surface area contributed by atoms with Gasteiger partial charge in [0.1, 0.15) is 5.75 Å². The SMILES string of the molecule is O=C(NC1CCOc2ccccc21)c1nc(-c2ccccc2)n(-c2ccccc2)n1. The fraction of sp³-hybridized carbons (Fsp3) is 0.125. The molecule has 5 rings (SSSR count). The maximum atomic E-state index is 13.1. The average Bonchev–Trinajstić information content (AvgIpc) is 3.26. The molecule has 1 aromatic heterocycles. The summed E-state index contributed by atoms with van der Waals surface area (Å²) in [6.45, 7) is 0.559. The molecule has 4 aromatic rings. The van der Waals surface area contributed by atoms with Crippen molar-refractivity contribution in [1.29, 1.82) is 0 Å². The zero-order valence-electron chi connectivity index (χ0n) is 16.2.